The van der Waals surface area contributed by atoms with Crippen molar-refractivity contribution in [2.75, 3.05) is 0 Å². The first-order valence-corrected chi connectivity index (χ1v) is 5.07. The van der Waals surface area contributed by atoms with E-state index in [1.165, 1.54) is 12.1 Å². The van der Waals surface area contributed by atoms with Gasteiger partial charge in [0.25, 0.3) is 0 Å². The molecule has 0 N–H and O–H groups in total. The van der Waals surface area contributed by atoms with Crippen molar-refractivity contribution in [3.05, 3.63) is 54.3 Å². The van der Waals surface area contributed by atoms with Crippen molar-refractivity contribution in [2.45, 2.75) is 6.36 Å². The maximum atomic E-state index is 13.9. The second kappa shape index (κ2) is 4.68. The van der Waals surface area contributed by atoms with Crippen molar-refractivity contribution in [1.82, 2.24) is 0 Å². The molecule has 0 unspecified atom stereocenters. The summed E-state index contributed by atoms with van der Waals surface area (Å²) in [6.45, 7) is 0. The normalized spacial score (nSPS) is 11.3. The Hall–Kier alpha value is -2.04. The second-order valence-electron chi connectivity index (χ2n) is 3.53. The van der Waals surface area contributed by atoms with E-state index in [-0.39, 0.29) is 5.56 Å². The predicted octanol–water partition coefficient (Wildman–Crippen LogP) is 4.39. The highest BCUT2D eigenvalue weighted by Gasteiger charge is 2.32. The summed E-state index contributed by atoms with van der Waals surface area (Å²) in [4.78, 5) is 0. The van der Waals surface area contributed by atoms with E-state index < -0.39 is 17.9 Å². The first-order valence-electron chi connectivity index (χ1n) is 5.07. The van der Waals surface area contributed by atoms with Gasteiger partial charge in [0.1, 0.15) is 0 Å². The molecule has 5 heteroatoms. The van der Waals surface area contributed by atoms with Crippen molar-refractivity contribution in [1.29, 1.82) is 0 Å². The van der Waals surface area contributed by atoms with Crippen LogP contribution in [0.15, 0.2) is 48.5 Å². The molecule has 0 atom stereocenters. The van der Waals surface area contributed by atoms with E-state index in [1.807, 2.05) is 0 Å². The van der Waals surface area contributed by atoms with E-state index in [2.05, 4.69) is 4.74 Å². The third-order valence-corrected chi connectivity index (χ3v) is 2.27. The Morgan fingerprint density at radius 3 is 2.11 bits per heavy atom. The number of halogens is 4. The number of rotatable bonds is 2. The summed E-state index contributed by atoms with van der Waals surface area (Å²) in [6, 6.07) is 11.9. The van der Waals surface area contributed by atoms with Crippen LogP contribution in [0.3, 0.4) is 0 Å². The minimum Gasteiger partial charge on any atom is -0.403 e. The molecule has 1 nitrogen and oxygen atoms in total. The van der Waals surface area contributed by atoms with Crippen LogP contribution in [-0.4, -0.2) is 6.36 Å². The van der Waals surface area contributed by atoms with Crippen molar-refractivity contribution < 1.29 is 22.3 Å². The molecular weight excluding hydrogens is 248 g/mol. The van der Waals surface area contributed by atoms with Gasteiger partial charge in [-0.15, -0.1) is 13.2 Å². The molecule has 0 radical (unpaired) electrons. The largest absolute Gasteiger partial charge is 0.573 e. The van der Waals surface area contributed by atoms with Crippen molar-refractivity contribution in [3.63, 3.8) is 0 Å². The lowest BCUT2D eigenvalue weighted by Gasteiger charge is -2.11. The Morgan fingerprint density at radius 1 is 0.833 bits per heavy atom. The quantitative estimate of drug-likeness (QED) is 0.724. The van der Waals surface area contributed by atoms with Gasteiger partial charge in [-0.1, -0.05) is 42.5 Å². The fourth-order valence-electron chi connectivity index (χ4n) is 1.55. The van der Waals surface area contributed by atoms with Gasteiger partial charge in [-0.2, -0.15) is 0 Å². The Balaban J connectivity index is 2.43. The van der Waals surface area contributed by atoms with E-state index >= 15 is 0 Å². The molecule has 0 aromatic heterocycles. The summed E-state index contributed by atoms with van der Waals surface area (Å²) in [5.74, 6) is -1.86. The molecule has 0 bridgehead atoms. The zero-order valence-corrected chi connectivity index (χ0v) is 9.04. The molecule has 0 amide bonds. The van der Waals surface area contributed by atoms with E-state index in [9.17, 15) is 17.6 Å². The first-order chi connectivity index (χ1) is 8.47. The van der Waals surface area contributed by atoms with Gasteiger partial charge < -0.3 is 4.74 Å². The highest BCUT2D eigenvalue weighted by molar-refractivity contribution is 5.65. The van der Waals surface area contributed by atoms with Gasteiger partial charge in [0.15, 0.2) is 11.6 Å². The molecule has 0 saturated carbocycles. The van der Waals surface area contributed by atoms with Gasteiger partial charge in [0.05, 0.1) is 0 Å². The topological polar surface area (TPSA) is 9.23 Å². The highest BCUT2D eigenvalue weighted by atomic mass is 19.4. The molecular formula is C13H8F4O. The lowest BCUT2D eigenvalue weighted by atomic mass is 10.1. The van der Waals surface area contributed by atoms with Gasteiger partial charge in [0, 0.05) is 5.56 Å². The third kappa shape index (κ3) is 2.80. The zero-order chi connectivity index (χ0) is 13.2. The SMILES string of the molecule is Fc1c(OC(F)(F)F)cccc1-c1ccccc1. The summed E-state index contributed by atoms with van der Waals surface area (Å²) in [7, 11) is 0. The van der Waals surface area contributed by atoms with Gasteiger partial charge in [0.2, 0.25) is 0 Å². The molecule has 0 spiro atoms. The minimum absolute atomic E-state index is 0.0670. The highest BCUT2D eigenvalue weighted by Crippen LogP contribution is 2.32. The van der Waals surface area contributed by atoms with Crippen LogP contribution in [-0.2, 0) is 0 Å². The Labute approximate surface area is 101 Å². The van der Waals surface area contributed by atoms with Crippen LogP contribution in [0.25, 0.3) is 11.1 Å². The molecule has 18 heavy (non-hydrogen) atoms. The Bertz CT molecular complexity index is 534. The first kappa shape index (κ1) is 12.4. The van der Waals surface area contributed by atoms with Crippen molar-refractivity contribution >= 4 is 0 Å². The molecule has 0 fully saturated rings. The predicted molar refractivity (Wildman–Crippen MR) is 58.5 cm³/mol. The van der Waals surface area contributed by atoms with Gasteiger partial charge >= 0.3 is 6.36 Å². The van der Waals surface area contributed by atoms with Gasteiger partial charge in [-0.3, -0.25) is 0 Å². The van der Waals surface area contributed by atoms with Crippen LogP contribution < -0.4 is 4.74 Å². The van der Waals surface area contributed by atoms with E-state index in [0.29, 0.717) is 5.56 Å². The summed E-state index contributed by atoms with van der Waals surface area (Å²) < 4.78 is 53.7. The summed E-state index contributed by atoms with van der Waals surface area (Å²) in [6.07, 6.45) is -4.91. The van der Waals surface area contributed by atoms with E-state index in [4.69, 9.17) is 0 Å². The number of ether oxygens (including phenoxy) is 1. The van der Waals surface area contributed by atoms with Gasteiger partial charge in [-0.25, -0.2) is 4.39 Å². The average molecular weight is 256 g/mol. The van der Waals surface area contributed by atoms with E-state index in [0.717, 1.165) is 6.07 Å². The van der Waals surface area contributed by atoms with Crippen LogP contribution in [0.5, 0.6) is 5.75 Å². The van der Waals surface area contributed by atoms with Crippen LogP contribution in [0, 0.1) is 5.82 Å². The smallest absolute Gasteiger partial charge is 0.403 e. The fraction of sp³-hybridized carbons (Fsp3) is 0.0769. The molecule has 0 saturated heterocycles. The van der Waals surface area contributed by atoms with E-state index in [1.54, 1.807) is 30.3 Å². The lowest BCUT2D eigenvalue weighted by molar-refractivity contribution is -0.275. The minimum atomic E-state index is -4.91. The number of hydrogen-bond donors (Lipinski definition) is 0. The van der Waals surface area contributed by atoms with Crippen LogP contribution in [0.4, 0.5) is 17.6 Å². The third-order valence-electron chi connectivity index (χ3n) is 2.27. The molecule has 2 aromatic carbocycles. The lowest BCUT2D eigenvalue weighted by Crippen LogP contribution is -2.18. The molecule has 0 aliphatic carbocycles. The summed E-state index contributed by atoms with van der Waals surface area (Å²) in [5, 5.41) is 0. The zero-order valence-electron chi connectivity index (χ0n) is 9.04. The van der Waals surface area contributed by atoms with Crippen LogP contribution >= 0.6 is 0 Å². The molecule has 0 heterocycles. The summed E-state index contributed by atoms with van der Waals surface area (Å²) in [5.41, 5.74) is 0.556. The van der Waals surface area contributed by atoms with Gasteiger partial charge in [-0.05, 0) is 11.6 Å². The number of benzene rings is 2. The summed E-state index contributed by atoms with van der Waals surface area (Å²) >= 11 is 0. The Kier molecular flexibility index (Phi) is 3.23. The van der Waals surface area contributed by atoms with Crippen LogP contribution in [0.2, 0.25) is 0 Å². The number of hydrogen-bond acceptors (Lipinski definition) is 1. The molecule has 2 rings (SSSR count). The number of alkyl halides is 3. The molecule has 94 valence electrons. The fourth-order valence-corrected chi connectivity index (χ4v) is 1.55. The monoisotopic (exact) mass is 256 g/mol. The maximum Gasteiger partial charge on any atom is 0.573 e. The molecule has 0 aliphatic heterocycles. The maximum absolute atomic E-state index is 13.9. The molecule has 2 aromatic rings. The van der Waals surface area contributed by atoms with Crippen molar-refractivity contribution in [3.8, 4) is 16.9 Å². The van der Waals surface area contributed by atoms with Crippen LogP contribution in [0.1, 0.15) is 0 Å². The standard InChI is InChI=1S/C13H8F4O/c14-12-10(9-5-2-1-3-6-9)7-4-8-11(12)18-13(15,16)17/h1-8H. The Morgan fingerprint density at radius 2 is 1.50 bits per heavy atom. The van der Waals surface area contributed by atoms with Crippen molar-refractivity contribution in [2.24, 2.45) is 0 Å². The average Bonchev–Trinajstić information content (AvgIpc) is 2.31. The molecule has 0 aliphatic rings. The second-order valence-corrected chi connectivity index (χ2v) is 3.53.